The lowest BCUT2D eigenvalue weighted by atomic mass is 9.69. The topological polar surface area (TPSA) is 40.5 Å². The standard InChI is InChI=1S/C21H30O2/c1-5-6-7-8-16-12-17(22)13-20(23)21(16)19-11-15(4)9-10-18(19)14(2)3/h12-13,18-19,22-23H,2,4-11H2,1,3H3/t18-,19+/m1/s1. The maximum Gasteiger partial charge on any atom is 0.123 e. The highest BCUT2D eigenvalue weighted by Crippen LogP contribution is 2.47. The van der Waals surface area contributed by atoms with Gasteiger partial charge in [-0.2, -0.15) is 0 Å². The van der Waals surface area contributed by atoms with E-state index in [0.29, 0.717) is 5.92 Å². The monoisotopic (exact) mass is 314 g/mol. The molecule has 0 aliphatic heterocycles. The second-order valence-corrected chi connectivity index (χ2v) is 7.05. The van der Waals surface area contributed by atoms with Gasteiger partial charge in [-0.1, -0.05) is 44.1 Å². The van der Waals surface area contributed by atoms with Crippen molar-refractivity contribution in [2.75, 3.05) is 0 Å². The van der Waals surface area contributed by atoms with Gasteiger partial charge in [0.2, 0.25) is 0 Å². The van der Waals surface area contributed by atoms with Gasteiger partial charge in [0.1, 0.15) is 11.5 Å². The molecule has 1 aromatic rings. The molecule has 23 heavy (non-hydrogen) atoms. The Morgan fingerprint density at radius 1 is 1.26 bits per heavy atom. The lowest BCUT2D eigenvalue weighted by molar-refractivity contribution is 0.379. The highest BCUT2D eigenvalue weighted by atomic mass is 16.3. The van der Waals surface area contributed by atoms with Crippen LogP contribution in [0.15, 0.2) is 36.4 Å². The summed E-state index contributed by atoms with van der Waals surface area (Å²) in [4.78, 5) is 0. The fraction of sp³-hybridized carbons (Fsp3) is 0.524. The summed E-state index contributed by atoms with van der Waals surface area (Å²) in [5.41, 5.74) is 4.52. The van der Waals surface area contributed by atoms with Crippen molar-refractivity contribution in [2.45, 2.75) is 64.7 Å². The summed E-state index contributed by atoms with van der Waals surface area (Å²) in [6, 6.07) is 3.31. The number of benzene rings is 1. The van der Waals surface area contributed by atoms with Gasteiger partial charge in [-0.15, -0.1) is 0 Å². The zero-order chi connectivity index (χ0) is 17.0. The van der Waals surface area contributed by atoms with Crippen molar-refractivity contribution in [3.8, 4) is 11.5 Å². The number of phenolic OH excluding ortho intramolecular Hbond substituents is 2. The Kier molecular flexibility index (Phi) is 5.92. The minimum Gasteiger partial charge on any atom is -0.508 e. The molecule has 1 saturated carbocycles. The molecule has 0 aromatic heterocycles. The van der Waals surface area contributed by atoms with E-state index >= 15 is 0 Å². The SMILES string of the molecule is C=C1CC[C@H](C(=C)C)[C@@H](c2c(O)cc(O)cc2CCCCC)C1. The summed E-state index contributed by atoms with van der Waals surface area (Å²) in [7, 11) is 0. The van der Waals surface area contributed by atoms with E-state index in [1.165, 1.54) is 17.2 Å². The molecule has 1 aromatic carbocycles. The fourth-order valence-corrected chi connectivity index (χ4v) is 3.89. The van der Waals surface area contributed by atoms with Crippen LogP contribution in [0.25, 0.3) is 0 Å². The molecule has 2 rings (SSSR count). The van der Waals surface area contributed by atoms with Crippen LogP contribution in [0.4, 0.5) is 0 Å². The van der Waals surface area contributed by atoms with Crippen molar-refractivity contribution in [3.63, 3.8) is 0 Å². The third-order valence-electron chi connectivity index (χ3n) is 5.09. The Bertz CT molecular complexity index is 586. The molecule has 2 N–H and O–H groups in total. The Balaban J connectivity index is 2.41. The molecule has 0 unspecified atom stereocenters. The maximum atomic E-state index is 10.5. The third-order valence-corrected chi connectivity index (χ3v) is 5.09. The van der Waals surface area contributed by atoms with E-state index in [-0.39, 0.29) is 17.4 Å². The number of allylic oxidation sites excluding steroid dienone is 2. The van der Waals surface area contributed by atoms with Gasteiger partial charge in [-0.05, 0) is 62.5 Å². The Morgan fingerprint density at radius 2 is 2.00 bits per heavy atom. The highest BCUT2D eigenvalue weighted by Gasteiger charge is 2.32. The Hall–Kier alpha value is -1.70. The summed E-state index contributed by atoms with van der Waals surface area (Å²) in [6.45, 7) is 12.6. The molecule has 2 atom stereocenters. The Labute approximate surface area is 140 Å². The number of unbranched alkanes of at least 4 members (excludes halogenated alkanes) is 2. The molecule has 2 nitrogen and oxygen atoms in total. The van der Waals surface area contributed by atoms with Crippen molar-refractivity contribution in [1.29, 1.82) is 0 Å². The number of aryl methyl sites for hydroxylation is 1. The zero-order valence-corrected chi connectivity index (χ0v) is 14.6. The van der Waals surface area contributed by atoms with Crippen molar-refractivity contribution in [1.82, 2.24) is 0 Å². The summed E-state index contributed by atoms with van der Waals surface area (Å²) < 4.78 is 0. The molecular weight excluding hydrogens is 284 g/mol. The number of aromatic hydroxyl groups is 2. The van der Waals surface area contributed by atoms with Crippen LogP contribution in [-0.4, -0.2) is 10.2 Å². The van der Waals surface area contributed by atoms with Gasteiger partial charge in [0.25, 0.3) is 0 Å². The van der Waals surface area contributed by atoms with Gasteiger partial charge >= 0.3 is 0 Å². The largest absolute Gasteiger partial charge is 0.508 e. The second-order valence-electron chi connectivity index (χ2n) is 7.05. The molecule has 0 amide bonds. The predicted molar refractivity (Wildman–Crippen MR) is 97.0 cm³/mol. The minimum absolute atomic E-state index is 0.152. The minimum atomic E-state index is 0.152. The van der Waals surface area contributed by atoms with Crippen molar-refractivity contribution in [2.24, 2.45) is 5.92 Å². The van der Waals surface area contributed by atoms with Crippen molar-refractivity contribution >= 4 is 0 Å². The lowest BCUT2D eigenvalue weighted by Gasteiger charge is -2.35. The van der Waals surface area contributed by atoms with Crippen molar-refractivity contribution in [3.05, 3.63) is 47.6 Å². The molecule has 1 aliphatic rings. The molecule has 126 valence electrons. The summed E-state index contributed by atoms with van der Waals surface area (Å²) in [5, 5.41) is 20.5. The van der Waals surface area contributed by atoms with E-state index in [2.05, 4.69) is 27.0 Å². The zero-order valence-electron chi connectivity index (χ0n) is 14.6. The number of hydrogen-bond acceptors (Lipinski definition) is 2. The normalized spacial score (nSPS) is 21.4. The first-order chi connectivity index (χ1) is 10.9. The molecule has 0 saturated heterocycles. The second kappa shape index (κ2) is 7.72. The van der Waals surface area contributed by atoms with Crippen LogP contribution in [-0.2, 0) is 6.42 Å². The van der Waals surface area contributed by atoms with Crippen LogP contribution in [0.3, 0.4) is 0 Å². The van der Waals surface area contributed by atoms with E-state index in [1.54, 1.807) is 0 Å². The van der Waals surface area contributed by atoms with Gasteiger partial charge in [-0.25, -0.2) is 0 Å². The van der Waals surface area contributed by atoms with Gasteiger partial charge < -0.3 is 10.2 Å². The van der Waals surface area contributed by atoms with Crippen LogP contribution in [0, 0.1) is 5.92 Å². The molecule has 1 fully saturated rings. The highest BCUT2D eigenvalue weighted by molar-refractivity contribution is 5.49. The number of phenols is 2. The fourth-order valence-electron chi connectivity index (χ4n) is 3.89. The first kappa shape index (κ1) is 17.7. The van der Waals surface area contributed by atoms with E-state index < -0.39 is 0 Å². The van der Waals surface area contributed by atoms with E-state index in [9.17, 15) is 10.2 Å². The van der Waals surface area contributed by atoms with Gasteiger partial charge in [0, 0.05) is 11.6 Å². The van der Waals surface area contributed by atoms with Crippen LogP contribution < -0.4 is 0 Å². The molecule has 2 heteroatoms. The summed E-state index contributed by atoms with van der Waals surface area (Å²) in [5.74, 6) is 0.980. The molecule has 0 spiro atoms. The summed E-state index contributed by atoms with van der Waals surface area (Å²) in [6.07, 6.45) is 7.29. The Morgan fingerprint density at radius 3 is 2.65 bits per heavy atom. The van der Waals surface area contributed by atoms with Gasteiger partial charge in [-0.3, -0.25) is 0 Å². The lowest BCUT2D eigenvalue weighted by Crippen LogP contribution is -2.21. The first-order valence-electron chi connectivity index (χ1n) is 8.80. The van der Waals surface area contributed by atoms with Gasteiger partial charge in [0.05, 0.1) is 0 Å². The van der Waals surface area contributed by atoms with Crippen LogP contribution in [0.1, 0.15) is 69.4 Å². The molecule has 0 heterocycles. The van der Waals surface area contributed by atoms with Crippen LogP contribution in [0.5, 0.6) is 11.5 Å². The number of rotatable bonds is 6. The van der Waals surface area contributed by atoms with Gasteiger partial charge in [0.15, 0.2) is 0 Å². The third kappa shape index (κ3) is 4.19. The molecule has 0 bridgehead atoms. The van der Waals surface area contributed by atoms with E-state index in [0.717, 1.165) is 56.1 Å². The molecule has 1 aliphatic carbocycles. The molecule has 0 radical (unpaired) electrons. The molecular formula is C21H30O2. The number of hydrogen-bond donors (Lipinski definition) is 2. The first-order valence-corrected chi connectivity index (χ1v) is 8.80. The van der Waals surface area contributed by atoms with E-state index in [1.807, 2.05) is 6.07 Å². The average Bonchev–Trinajstić information content (AvgIpc) is 2.46. The van der Waals surface area contributed by atoms with Crippen LogP contribution in [0.2, 0.25) is 0 Å². The summed E-state index contributed by atoms with van der Waals surface area (Å²) >= 11 is 0. The maximum absolute atomic E-state index is 10.5. The van der Waals surface area contributed by atoms with E-state index in [4.69, 9.17) is 0 Å². The predicted octanol–water partition coefficient (Wildman–Crippen LogP) is 5.85. The van der Waals surface area contributed by atoms with Crippen LogP contribution >= 0.6 is 0 Å². The average molecular weight is 314 g/mol. The quantitative estimate of drug-likeness (QED) is 0.511. The smallest absolute Gasteiger partial charge is 0.123 e. The van der Waals surface area contributed by atoms with Crippen molar-refractivity contribution < 1.29 is 10.2 Å².